The van der Waals surface area contributed by atoms with Crippen molar-refractivity contribution in [3.05, 3.63) is 33.8 Å². The Morgan fingerprint density at radius 1 is 1.43 bits per heavy atom. The molecule has 2 heterocycles. The lowest BCUT2D eigenvalue weighted by molar-refractivity contribution is 0.384. The van der Waals surface area contributed by atoms with Gasteiger partial charge >= 0.3 is 0 Å². The van der Waals surface area contributed by atoms with Crippen LogP contribution in [0.1, 0.15) is 17.0 Å². The lowest BCUT2D eigenvalue weighted by atomic mass is 10.3. The van der Waals surface area contributed by atoms with Crippen LogP contribution in [0.15, 0.2) is 21.3 Å². The molecule has 0 aromatic carbocycles. The van der Waals surface area contributed by atoms with E-state index in [4.69, 9.17) is 4.52 Å². The van der Waals surface area contributed by atoms with E-state index < -0.39 is 0 Å². The summed E-state index contributed by atoms with van der Waals surface area (Å²) in [4.78, 5) is 0. The van der Waals surface area contributed by atoms with Crippen LogP contribution in [0.5, 0.6) is 0 Å². The van der Waals surface area contributed by atoms with E-state index in [0.717, 1.165) is 11.5 Å². The summed E-state index contributed by atoms with van der Waals surface area (Å²) >= 11 is 1.70. The van der Waals surface area contributed by atoms with Crippen molar-refractivity contribution in [1.29, 1.82) is 0 Å². The van der Waals surface area contributed by atoms with Gasteiger partial charge < -0.3 is 9.84 Å². The highest BCUT2D eigenvalue weighted by molar-refractivity contribution is 7.08. The van der Waals surface area contributed by atoms with Crippen molar-refractivity contribution in [3.63, 3.8) is 0 Å². The highest BCUT2D eigenvalue weighted by Crippen LogP contribution is 2.20. The van der Waals surface area contributed by atoms with Gasteiger partial charge in [-0.3, -0.25) is 0 Å². The topological polar surface area (TPSA) is 38.1 Å². The first-order valence-corrected chi connectivity index (χ1v) is 5.39. The third-order valence-corrected chi connectivity index (χ3v) is 2.85. The van der Waals surface area contributed by atoms with Crippen LogP contribution >= 0.6 is 11.3 Å². The Bertz CT molecular complexity index is 419. The molecule has 0 fully saturated rings. The van der Waals surface area contributed by atoms with Crippen LogP contribution in [0.4, 0.5) is 5.69 Å². The van der Waals surface area contributed by atoms with Gasteiger partial charge in [-0.15, -0.1) is 11.3 Å². The van der Waals surface area contributed by atoms with Crippen LogP contribution in [0.3, 0.4) is 0 Å². The second kappa shape index (κ2) is 3.84. The zero-order valence-electron chi connectivity index (χ0n) is 8.20. The summed E-state index contributed by atoms with van der Waals surface area (Å²) in [6, 6.07) is 1.94. The summed E-state index contributed by atoms with van der Waals surface area (Å²) in [6.45, 7) is 4.70. The number of aromatic nitrogens is 1. The van der Waals surface area contributed by atoms with Gasteiger partial charge in [0.05, 0.1) is 12.2 Å². The number of hydrogen-bond acceptors (Lipinski definition) is 4. The summed E-state index contributed by atoms with van der Waals surface area (Å²) in [7, 11) is 0. The van der Waals surface area contributed by atoms with Crippen LogP contribution in [0.2, 0.25) is 0 Å². The van der Waals surface area contributed by atoms with Gasteiger partial charge in [0, 0.05) is 17.1 Å². The van der Waals surface area contributed by atoms with Crippen molar-refractivity contribution in [1.82, 2.24) is 5.16 Å². The van der Waals surface area contributed by atoms with Gasteiger partial charge in [-0.25, -0.2) is 0 Å². The minimum atomic E-state index is 0.693. The molecule has 0 aliphatic heterocycles. The van der Waals surface area contributed by atoms with E-state index in [2.05, 4.69) is 28.2 Å². The maximum atomic E-state index is 5.09. The minimum absolute atomic E-state index is 0.693. The van der Waals surface area contributed by atoms with Crippen LogP contribution in [-0.2, 0) is 6.54 Å². The predicted molar refractivity (Wildman–Crippen MR) is 57.6 cm³/mol. The quantitative estimate of drug-likeness (QED) is 0.842. The van der Waals surface area contributed by atoms with E-state index in [1.807, 2.05) is 13.0 Å². The maximum absolute atomic E-state index is 5.09. The van der Waals surface area contributed by atoms with Gasteiger partial charge in [0.2, 0.25) is 0 Å². The standard InChI is InChI=1S/C10H12N2OS/c1-7-5-14-6-10(7)11-4-9-3-8(2)12-13-9/h3,5-6,11H,4H2,1-2H3. The molecule has 2 aromatic heterocycles. The van der Waals surface area contributed by atoms with E-state index in [1.54, 1.807) is 11.3 Å². The second-order valence-corrected chi connectivity index (χ2v) is 4.00. The van der Waals surface area contributed by atoms with Gasteiger partial charge in [0.1, 0.15) is 0 Å². The van der Waals surface area contributed by atoms with Crippen molar-refractivity contribution >= 4 is 17.0 Å². The molecule has 0 spiro atoms. The molecule has 74 valence electrons. The van der Waals surface area contributed by atoms with Crippen molar-refractivity contribution < 1.29 is 4.52 Å². The Kier molecular flexibility index (Phi) is 2.54. The maximum Gasteiger partial charge on any atom is 0.156 e. The number of hydrogen-bond donors (Lipinski definition) is 1. The van der Waals surface area contributed by atoms with Gasteiger partial charge in [-0.2, -0.15) is 0 Å². The fourth-order valence-electron chi connectivity index (χ4n) is 1.22. The summed E-state index contributed by atoms with van der Waals surface area (Å²) in [5, 5.41) is 11.3. The number of nitrogens with one attached hydrogen (secondary N) is 1. The van der Waals surface area contributed by atoms with E-state index in [0.29, 0.717) is 6.54 Å². The Hall–Kier alpha value is -1.29. The first-order chi connectivity index (χ1) is 6.75. The monoisotopic (exact) mass is 208 g/mol. The number of aryl methyl sites for hydroxylation is 2. The Morgan fingerprint density at radius 3 is 2.86 bits per heavy atom. The molecule has 4 heteroatoms. The van der Waals surface area contributed by atoms with Crippen LogP contribution < -0.4 is 5.32 Å². The number of thiophene rings is 1. The molecule has 1 N–H and O–H groups in total. The molecule has 0 aliphatic carbocycles. The highest BCUT2D eigenvalue weighted by Gasteiger charge is 2.02. The van der Waals surface area contributed by atoms with Crippen LogP contribution in [0, 0.1) is 13.8 Å². The molecule has 0 saturated heterocycles. The fourth-order valence-corrected chi connectivity index (χ4v) is 2.03. The first kappa shape index (κ1) is 9.27. The van der Waals surface area contributed by atoms with E-state index >= 15 is 0 Å². The van der Waals surface area contributed by atoms with E-state index in [1.165, 1.54) is 11.3 Å². The third kappa shape index (κ3) is 1.96. The van der Waals surface area contributed by atoms with Crippen molar-refractivity contribution in [3.8, 4) is 0 Å². The normalized spacial score (nSPS) is 10.4. The first-order valence-electron chi connectivity index (χ1n) is 4.44. The van der Waals surface area contributed by atoms with Crippen molar-refractivity contribution in [2.24, 2.45) is 0 Å². The molecule has 0 unspecified atom stereocenters. The fraction of sp³-hybridized carbons (Fsp3) is 0.300. The van der Waals surface area contributed by atoms with Crippen molar-refractivity contribution in [2.45, 2.75) is 20.4 Å². The molecule has 0 saturated carbocycles. The Balaban J connectivity index is 1.98. The molecule has 0 amide bonds. The lowest BCUT2D eigenvalue weighted by Crippen LogP contribution is -1.97. The molecule has 2 aromatic rings. The van der Waals surface area contributed by atoms with Gasteiger partial charge in [-0.05, 0) is 24.8 Å². The third-order valence-electron chi connectivity index (χ3n) is 1.99. The molecule has 0 bridgehead atoms. The zero-order chi connectivity index (χ0) is 9.97. The second-order valence-electron chi connectivity index (χ2n) is 3.26. The van der Waals surface area contributed by atoms with E-state index in [9.17, 15) is 0 Å². The minimum Gasteiger partial charge on any atom is -0.377 e. The molecule has 0 atom stereocenters. The summed E-state index contributed by atoms with van der Waals surface area (Å²) in [5.41, 5.74) is 3.36. The average molecular weight is 208 g/mol. The van der Waals surface area contributed by atoms with Crippen LogP contribution in [0.25, 0.3) is 0 Å². The average Bonchev–Trinajstić information content (AvgIpc) is 2.72. The summed E-state index contributed by atoms with van der Waals surface area (Å²) in [5.74, 6) is 0.869. The SMILES string of the molecule is Cc1cc(CNc2cscc2C)on1. The molecule has 0 radical (unpaired) electrons. The smallest absolute Gasteiger partial charge is 0.156 e. The molecule has 0 aliphatic rings. The van der Waals surface area contributed by atoms with Crippen molar-refractivity contribution in [2.75, 3.05) is 5.32 Å². The number of anilines is 1. The van der Waals surface area contributed by atoms with E-state index in [-0.39, 0.29) is 0 Å². The molecule has 14 heavy (non-hydrogen) atoms. The van der Waals surface area contributed by atoms with Gasteiger partial charge in [0.25, 0.3) is 0 Å². The molecular weight excluding hydrogens is 196 g/mol. The Labute approximate surface area is 86.7 Å². The van der Waals surface area contributed by atoms with Crippen LogP contribution in [-0.4, -0.2) is 5.16 Å². The van der Waals surface area contributed by atoms with Gasteiger partial charge in [0.15, 0.2) is 5.76 Å². The summed E-state index contributed by atoms with van der Waals surface area (Å²) in [6.07, 6.45) is 0. The predicted octanol–water partition coefficient (Wildman–Crippen LogP) is 2.97. The largest absolute Gasteiger partial charge is 0.377 e. The number of nitrogens with zero attached hydrogens (tertiary/aromatic N) is 1. The highest BCUT2D eigenvalue weighted by atomic mass is 32.1. The zero-order valence-corrected chi connectivity index (χ0v) is 9.02. The van der Waals surface area contributed by atoms with Gasteiger partial charge in [-0.1, -0.05) is 5.16 Å². The summed E-state index contributed by atoms with van der Waals surface area (Å²) < 4.78 is 5.09. The molecule has 2 rings (SSSR count). The number of rotatable bonds is 3. The molecular formula is C10H12N2OS. The lowest BCUT2D eigenvalue weighted by Gasteiger charge is -2.01. The molecule has 3 nitrogen and oxygen atoms in total. The Morgan fingerprint density at radius 2 is 2.29 bits per heavy atom.